The first-order chi connectivity index (χ1) is 6.92. The van der Waals surface area contributed by atoms with Gasteiger partial charge in [0.2, 0.25) is 0 Å². The maximum atomic E-state index is 8.51. The molecule has 1 heterocycles. The Bertz CT molecular complexity index is 219. The first-order valence-corrected chi connectivity index (χ1v) is 6.03. The quantitative estimate of drug-likeness (QED) is 0.642. The van der Waals surface area contributed by atoms with Gasteiger partial charge in [0.1, 0.15) is 0 Å². The third kappa shape index (κ3) is 2.09. The van der Waals surface area contributed by atoms with E-state index in [1.54, 1.807) is 0 Å². The van der Waals surface area contributed by atoms with E-state index < -0.39 is 0 Å². The van der Waals surface area contributed by atoms with Crippen molar-refractivity contribution < 1.29 is 0 Å². The number of hydrogen-bond donors (Lipinski definition) is 0. The highest BCUT2D eigenvalue weighted by Crippen LogP contribution is 2.36. The number of fused-ring (bicyclic) bond motifs is 1. The zero-order valence-corrected chi connectivity index (χ0v) is 8.91. The molecule has 0 N–H and O–H groups in total. The third-order valence-electron chi connectivity index (χ3n) is 3.84. The Morgan fingerprint density at radius 2 is 2.07 bits per heavy atom. The van der Waals surface area contributed by atoms with E-state index >= 15 is 0 Å². The van der Waals surface area contributed by atoms with Crippen molar-refractivity contribution in [2.75, 3.05) is 13.1 Å². The maximum Gasteiger partial charge on any atom is 0.0622 e. The van der Waals surface area contributed by atoms with Gasteiger partial charge in [0.15, 0.2) is 0 Å². The molecule has 1 saturated heterocycles. The molecular formula is C12H20N2. The van der Waals surface area contributed by atoms with Crippen LogP contribution in [0.1, 0.15) is 44.9 Å². The van der Waals surface area contributed by atoms with E-state index in [-0.39, 0.29) is 0 Å². The molecule has 0 spiro atoms. The summed E-state index contributed by atoms with van der Waals surface area (Å²) in [6, 6.07) is 3.12. The van der Waals surface area contributed by atoms with E-state index in [1.807, 2.05) is 0 Å². The number of piperidine rings is 1. The molecule has 0 aromatic carbocycles. The lowest BCUT2D eigenvalue weighted by molar-refractivity contribution is 0.112. The molecule has 0 bridgehead atoms. The fourth-order valence-electron chi connectivity index (χ4n) is 3.20. The van der Waals surface area contributed by atoms with E-state index in [0.29, 0.717) is 0 Å². The second kappa shape index (κ2) is 4.79. The molecule has 2 aliphatic rings. The maximum absolute atomic E-state index is 8.51. The van der Waals surface area contributed by atoms with Crippen LogP contribution in [0.4, 0.5) is 0 Å². The Balaban J connectivity index is 1.81. The summed E-state index contributed by atoms with van der Waals surface area (Å²) in [5, 5.41) is 8.51. The van der Waals surface area contributed by atoms with Gasteiger partial charge in [0.05, 0.1) is 6.07 Å². The molecule has 2 atom stereocenters. The van der Waals surface area contributed by atoms with Crippen molar-refractivity contribution in [3.05, 3.63) is 0 Å². The number of hydrogen-bond acceptors (Lipinski definition) is 2. The van der Waals surface area contributed by atoms with Crippen molar-refractivity contribution in [1.29, 1.82) is 5.26 Å². The molecule has 2 fully saturated rings. The van der Waals surface area contributed by atoms with Crippen molar-refractivity contribution in [2.45, 2.75) is 51.0 Å². The third-order valence-corrected chi connectivity index (χ3v) is 3.84. The van der Waals surface area contributed by atoms with Crippen LogP contribution >= 0.6 is 0 Å². The van der Waals surface area contributed by atoms with Crippen molar-refractivity contribution in [3.63, 3.8) is 0 Å². The summed E-state index contributed by atoms with van der Waals surface area (Å²) in [5.41, 5.74) is 0. The largest absolute Gasteiger partial charge is 0.300 e. The molecule has 1 aliphatic carbocycles. The molecule has 0 radical (unpaired) electrons. The Kier molecular flexibility index (Phi) is 3.42. The van der Waals surface area contributed by atoms with E-state index in [0.717, 1.165) is 31.3 Å². The van der Waals surface area contributed by atoms with Gasteiger partial charge in [-0.05, 0) is 51.1 Å². The molecule has 2 heteroatoms. The van der Waals surface area contributed by atoms with Gasteiger partial charge in [-0.3, -0.25) is 0 Å². The highest BCUT2D eigenvalue weighted by atomic mass is 15.2. The van der Waals surface area contributed by atoms with Crippen molar-refractivity contribution >= 4 is 0 Å². The molecule has 2 rings (SSSR count). The predicted molar refractivity (Wildman–Crippen MR) is 56.8 cm³/mol. The molecule has 0 aromatic rings. The highest BCUT2D eigenvalue weighted by Gasteiger charge is 2.34. The highest BCUT2D eigenvalue weighted by molar-refractivity contribution is 4.89. The van der Waals surface area contributed by atoms with Crippen LogP contribution in [0.2, 0.25) is 0 Å². The van der Waals surface area contributed by atoms with Gasteiger partial charge >= 0.3 is 0 Å². The van der Waals surface area contributed by atoms with Crippen molar-refractivity contribution in [3.8, 4) is 6.07 Å². The normalized spacial score (nSPS) is 32.5. The van der Waals surface area contributed by atoms with E-state index in [4.69, 9.17) is 5.26 Å². The van der Waals surface area contributed by atoms with Crippen LogP contribution < -0.4 is 0 Å². The first-order valence-electron chi connectivity index (χ1n) is 6.03. The van der Waals surface area contributed by atoms with Gasteiger partial charge in [-0.1, -0.05) is 6.42 Å². The number of rotatable bonds is 3. The number of likely N-dealkylation sites (tertiary alicyclic amines) is 1. The lowest BCUT2D eigenvalue weighted by Gasteiger charge is -2.37. The van der Waals surface area contributed by atoms with Crippen LogP contribution in [-0.4, -0.2) is 24.0 Å². The lowest BCUT2D eigenvalue weighted by atomic mass is 9.92. The van der Waals surface area contributed by atoms with Crippen LogP contribution in [0.25, 0.3) is 0 Å². The Labute approximate surface area is 86.9 Å². The summed E-state index contributed by atoms with van der Waals surface area (Å²) in [6.45, 7) is 2.45. The van der Waals surface area contributed by atoms with Gasteiger partial charge in [-0.25, -0.2) is 0 Å². The summed E-state index contributed by atoms with van der Waals surface area (Å²) < 4.78 is 0. The van der Waals surface area contributed by atoms with Gasteiger partial charge in [0, 0.05) is 12.5 Å². The van der Waals surface area contributed by atoms with Gasteiger partial charge in [-0.15, -0.1) is 0 Å². The second-order valence-corrected chi connectivity index (χ2v) is 4.70. The first kappa shape index (κ1) is 9.98. The smallest absolute Gasteiger partial charge is 0.0622 e. The minimum Gasteiger partial charge on any atom is -0.300 e. The summed E-state index contributed by atoms with van der Waals surface area (Å²) >= 11 is 0. The minimum absolute atomic E-state index is 0.730. The summed E-state index contributed by atoms with van der Waals surface area (Å²) in [6.07, 6.45) is 8.95. The fourth-order valence-corrected chi connectivity index (χ4v) is 3.20. The molecule has 1 aliphatic heterocycles. The Morgan fingerprint density at radius 1 is 1.21 bits per heavy atom. The molecule has 1 saturated carbocycles. The number of nitriles is 1. The van der Waals surface area contributed by atoms with Gasteiger partial charge in [-0.2, -0.15) is 5.26 Å². The molecule has 0 amide bonds. The SMILES string of the molecule is N#CCCCN1CCCC2CCCC21. The fraction of sp³-hybridized carbons (Fsp3) is 0.917. The van der Waals surface area contributed by atoms with Crippen molar-refractivity contribution in [1.82, 2.24) is 4.90 Å². The molecular weight excluding hydrogens is 172 g/mol. The second-order valence-electron chi connectivity index (χ2n) is 4.70. The lowest BCUT2D eigenvalue weighted by Crippen LogP contribution is -2.42. The van der Waals surface area contributed by atoms with Gasteiger partial charge < -0.3 is 4.90 Å². The zero-order valence-electron chi connectivity index (χ0n) is 8.91. The van der Waals surface area contributed by atoms with Crippen LogP contribution in [0.15, 0.2) is 0 Å². The van der Waals surface area contributed by atoms with Crippen LogP contribution in [-0.2, 0) is 0 Å². The molecule has 0 aromatic heterocycles. The average Bonchev–Trinajstić information content (AvgIpc) is 2.67. The van der Waals surface area contributed by atoms with E-state index in [2.05, 4.69) is 11.0 Å². The summed E-state index contributed by atoms with van der Waals surface area (Å²) in [7, 11) is 0. The summed E-state index contributed by atoms with van der Waals surface area (Å²) in [5.74, 6) is 0.992. The Hall–Kier alpha value is -0.550. The average molecular weight is 192 g/mol. The minimum atomic E-state index is 0.730. The monoisotopic (exact) mass is 192 g/mol. The van der Waals surface area contributed by atoms with Gasteiger partial charge in [0.25, 0.3) is 0 Å². The van der Waals surface area contributed by atoms with Crippen LogP contribution in [0.3, 0.4) is 0 Å². The van der Waals surface area contributed by atoms with E-state index in [1.165, 1.54) is 38.6 Å². The molecule has 2 unspecified atom stereocenters. The zero-order chi connectivity index (χ0) is 9.80. The van der Waals surface area contributed by atoms with Crippen molar-refractivity contribution in [2.24, 2.45) is 5.92 Å². The van der Waals surface area contributed by atoms with Crippen LogP contribution in [0, 0.1) is 17.2 Å². The number of nitrogens with zero attached hydrogens (tertiary/aromatic N) is 2. The number of unbranched alkanes of at least 4 members (excludes halogenated alkanes) is 1. The summed E-state index contributed by atoms with van der Waals surface area (Å²) in [4.78, 5) is 2.65. The molecule has 2 nitrogen and oxygen atoms in total. The molecule has 78 valence electrons. The predicted octanol–water partition coefficient (Wildman–Crippen LogP) is 2.55. The van der Waals surface area contributed by atoms with Crippen LogP contribution in [0.5, 0.6) is 0 Å². The topological polar surface area (TPSA) is 27.0 Å². The Morgan fingerprint density at radius 3 is 2.93 bits per heavy atom. The standard InChI is InChI=1S/C12H20N2/c13-8-1-2-9-14-10-4-6-11-5-3-7-12(11)14/h11-12H,1-7,9-10H2. The molecule has 14 heavy (non-hydrogen) atoms. The van der Waals surface area contributed by atoms with E-state index in [9.17, 15) is 0 Å².